The van der Waals surface area contributed by atoms with Crippen LogP contribution >= 0.6 is 0 Å². The molecular weight excluding hydrogens is 352 g/mol. The number of morpholine rings is 1. The topological polar surface area (TPSA) is 131 Å². The molecule has 1 aromatic carbocycles. The molecule has 138 valence electrons. The Kier molecular flexibility index (Phi) is 6.82. The predicted octanol–water partition coefficient (Wildman–Crippen LogP) is -0.678. The first-order valence-electron chi connectivity index (χ1n) is 7.70. The number of nitro groups is 1. The lowest BCUT2D eigenvalue weighted by molar-refractivity contribution is -0.387. The number of para-hydroxylation sites is 1. The zero-order chi connectivity index (χ0) is 18.3. The van der Waals surface area contributed by atoms with E-state index < -0.39 is 25.5 Å². The van der Waals surface area contributed by atoms with E-state index >= 15 is 0 Å². The van der Waals surface area contributed by atoms with Crippen LogP contribution in [0.3, 0.4) is 0 Å². The van der Waals surface area contributed by atoms with Crippen LogP contribution in [0.1, 0.15) is 0 Å². The summed E-state index contributed by atoms with van der Waals surface area (Å²) in [5.41, 5.74) is -0.494. The first kappa shape index (κ1) is 19.2. The quantitative estimate of drug-likeness (QED) is 0.351. The standard InChI is InChI=1S/C14H20N4O6S/c19-14(11-17-7-9-24-10-8-17)15-5-6-16-25(22,23)13-4-2-1-3-12(13)18(20)21/h1-4,16H,5-11H2,(H,15,19). The summed E-state index contributed by atoms with van der Waals surface area (Å²) in [7, 11) is -4.03. The van der Waals surface area contributed by atoms with Crippen molar-refractivity contribution in [3.05, 3.63) is 34.4 Å². The number of benzene rings is 1. The van der Waals surface area contributed by atoms with E-state index in [0.717, 1.165) is 12.1 Å². The number of nitrogens with zero attached hydrogens (tertiary/aromatic N) is 2. The lowest BCUT2D eigenvalue weighted by Gasteiger charge is -2.25. The van der Waals surface area contributed by atoms with E-state index in [1.165, 1.54) is 12.1 Å². The minimum absolute atomic E-state index is 0.0662. The van der Waals surface area contributed by atoms with Crippen LogP contribution in [0.25, 0.3) is 0 Å². The molecule has 2 rings (SSSR count). The highest BCUT2D eigenvalue weighted by Gasteiger charge is 2.24. The summed E-state index contributed by atoms with van der Waals surface area (Å²) in [6, 6.07) is 5.09. The van der Waals surface area contributed by atoms with Crippen LogP contribution in [0.4, 0.5) is 5.69 Å². The fourth-order valence-electron chi connectivity index (χ4n) is 2.32. The van der Waals surface area contributed by atoms with Gasteiger partial charge in [0.1, 0.15) is 0 Å². The molecule has 10 nitrogen and oxygen atoms in total. The number of ether oxygens (including phenoxy) is 1. The van der Waals surface area contributed by atoms with Gasteiger partial charge in [-0.15, -0.1) is 0 Å². The van der Waals surface area contributed by atoms with Crippen molar-refractivity contribution in [2.75, 3.05) is 45.9 Å². The van der Waals surface area contributed by atoms with Crippen LogP contribution in [0, 0.1) is 10.1 Å². The number of carbonyl (C=O) groups is 1. The zero-order valence-electron chi connectivity index (χ0n) is 13.5. The molecule has 0 bridgehead atoms. The van der Waals surface area contributed by atoms with Gasteiger partial charge in [-0.25, -0.2) is 13.1 Å². The van der Waals surface area contributed by atoms with E-state index in [9.17, 15) is 23.3 Å². The molecule has 1 saturated heterocycles. The van der Waals surface area contributed by atoms with E-state index in [-0.39, 0.29) is 25.5 Å². The number of amides is 1. The van der Waals surface area contributed by atoms with E-state index in [4.69, 9.17) is 4.74 Å². The Morgan fingerprint density at radius 3 is 2.60 bits per heavy atom. The fraction of sp³-hybridized carbons (Fsp3) is 0.500. The van der Waals surface area contributed by atoms with Crippen LogP contribution in [-0.4, -0.2) is 70.1 Å². The number of rotatable bonds is 8. The molecule has 1 aliphatic heterocycles. The second-order valence-corrected chi connectivity index (χ2v) is 7.10. The molecule has 2 N–H and O–H groups in total. The maximum atomic E-state index is 12.2. The highest BCUT2D eigenvalue weighted by molar-refractivity contribution is 7.89. The molecule has 0 unspecified atom stereocenters. The Hall–Kier alpha value is -2.08. The normalized spacial score (nSPS) is 15.7. The fourth-order valence-corrected chi connectivity index (χ4v) is 3.52. The molecule has 11 heteroatoms. The van der Waals surface area contributed by atoms with Gasteiger partial charge < -0.3 is 10.1 Å². The minimum atomic E-state index is -4.03. The Labute approximate surface area is 145 Å². The third-order valence-electron chi connectivity index (χ3n) is 3.56. The summed E-state index contributed by atoms with van der Waals surface area (Å²) in [6.45, 7) is 2.77. The Morgan fingerprint density at radius 1 is 1.24 bits per heavy atom. The summed E-state index contributed by atoms with van der Waals surface area (Å²) >= 11 is 0. The molecular formula is C14H20N4O6S. The van der Waals surface area contributed by atoms with Gasteiger partial charge in [0.15, 0.2) is 4.90 Å². The summed E-state index contributed by atoms with van der Waals surface area (Å²) in [5.74, 6) is -0.216. The largest absolute Gasteiger partial charge is 0.379 e. The summed E-state index contributed by atoms with van der Waals surface area (Å²) in [5, 5.41) is 13.5. The van der Waals surface area contributed by atoms with E-state index in [2.05, 4.69) is 10.0 Å². The average molecular weight is 372 g/mol. The van der Waals surface area contributed by atoms with Gasteiger partial charge in [0.05, 0.1) is 24.7 Å². The van der Waals surface area contributed by atoms with Crippen LogP contribution in [-0.2, 0) is 19.6 Å². The molecule has 0 aromatic heterocycles. The molecule has 1 aliphatic rings. The van der Waals surface area contributed by atoms with Gasteiger partial charge in [-0.2, -0.15) is 0 Å². The molecule has 0 saturated carbocycles. The first-order chi connectivity index (χ1) is 11.9. The highest BCUT2D eigenvalue weighted by Crippen LogP contribution is 2.22. The molecule has 0 aliphatic carbocycles. The molecule has 1 fully saturated rings. The van der Waals surface area contributed by atoms with Crippen LogP contribution in [0.2, 0.25) is 0 Å². The van der Waals surface area contributed by atoms with Crippen molar-refractivity contribution in [3.63, 3.8) is 0 Å². The average Bonchev–Trinajstić information content (AvgIpc) is 2.59. The van der Waals surface area contributed by atoms with Gasteiger partial charge in [-0.1, -0.05) is 12.1 Å². The van der Waals surface area contributed by atoms with Crippen molar-refractivity contribution in [2.45, 2.75) is 4.90 Å². The second-order valence-electron chi connectivity index (χ2n) is 5.36. The Morgan fingerprint density at radius 2 is 1.92 bits per heavy atom. The second kappa shape index (κ2) is 8.85. The van der Waals surface area contributed by atoms with Gasteiger partial charge in [0.25, 0.3) is 5.69 Å². The van der Waals surface area contributed by atoms with Crippen molar-refractivity contribution in [1.82, 2.24) is 14.9 Å². The zero-order valence-corrected chi connectivity index (χ0v) is 14.3. The number of nitrogens with one attached hydrogen (secondary N) is 2. The number of carbonyl (C=O) groups excluding carboxylic acids is 1. The lowest BCUT2D eigenvalue weighted by atomic mass is 10.3. The summed E-state index contributed by atoms with van der Waals surface area (Å²) in [6.07, 6.45) is 0. The molecule has 1 amide bonds. The van der Waals surface area contributed by atoms with Gasteiger partial charge in [0, 0.05) is 32.2 Å². The number of nitro benzene ring substituents is 1. The monoisotopic (exact) mass is 372 g/mol. The van der Waals surface area contributed by atoms with E-state index in [1.807, 2.05) is 4.90 Å². The van der Waals surface area contributed by atoms with Crippen molar-refractivity contribution in [2.24, 2.45) is 0 Å². The summed E-state index contributed by atoms with van der Waals surface area (Å²) in [4.78, 5) is 23.5. The molecule has 0 atom stereocenters. The molecule has 1 heterocycles. The Balaban J connectivity index is 1.80. The third kappa shape index (κ3) is 5.74. The SMILES string of the molecule is O=C(CN1CCOCC1)NCCNS(=O)(=O)c1ccccc1[N+](=O)[O-]. The molecule has 25 heavy (non-hydrogen) atoms. The lowest BCUT2D eigenvalue weighted by Crippen LogP contribution is -2.44. The van der Waals surface area contributed by atoms with E-state index in [1.54, 1.807) is 0 Å². The van der Waals surface area contributed by atoms with Crippen molar-refractivity contribution in [3.8, 4) is 0 Å². The van der Waals surface area contributed by atoms with Gasteiger partial charge in [-0.05, 0) is 6.07 Å². The van der Waals surface area contributed by atoms with Crippen LogP contribution in [0.5, 0.6) is 0 Å². The molecule has 0 radical (unpaired) electrons. The van der Waals surface area contributed by atoms with Gasteiger partial charge in [0.2, 0.25) is 15.9 Å². The smallest absolute Gasteiger partial charge is 0.289 e. The van der Waals surface area contributed by atoms with Crippen molar-refractivity contribution >= 4 is 21.6 Å². The minimum Gasteiger partial charge on any atom is -0.379 e. The molecule has 0 spiro atoms. The van der Waals surface area contributed by atoms with Crippen LogP contribution < -0.4 is 10.0 Å². The van der Waals surface area contributed by atoms with Crippen molar-refractivity contribution < 1.29 is 22.9 Å². The van der Waals surface area contributed by atoms with Crippen LogP contribution in [0.15, 0.2) is 29.2 Å². The maximum Gasteiger partial charge on any atom is 0.289 e. The van der Waals surface area contributed by atoms with Gasteiger partial charge in [-0.3, -0.25) is 19.8 Å². The van der Waals surface area contributed by atoms with Gasteiger partial charge >= 0.3 is 0 Å². The summed E-state index contributed by atoms with van der Waals surface area (Å²) < 4.78 is 31.8. The number of sulfonamides is 1. The molecule has 1 aromatic rings. The van der Waals surface area contributed by atoms with E-state index in [0.29, 0.717) is 26.3 Å². The van der Waals surface area contributed by atoms with Crippen molar-refractivity contribution in [1.29, 1.82) is 0 Å². The third-order valence-corrected chi connectivity index (χ3v) is 5.07. The Bertz CT molecular complexity index is 718. The maximum absolute atomic E-state index is 12.2. The predicted molar refractivity (Wildman–Crippen MR) is 88.6 cm³/mol. The number of hydrogen-bond acceptors (Lipinski definition) is 7. The first-order valence-corrected chi connectivity index (χ1v) is 9.18. The number of hydrogen-bond donors (Lipinski definition) is 2. The highest BCUT2D eigenvalue weighted by atomic mass is 32.2.